The predicted octanol–water partition coefficient (Wildman–Crippen LogP) is 5.19. The van der Waals surface area contributed by atoms with Crippen LogP contribution in [-0.4, -0.2) is 97.9 Å². The molecule has 0 aromatic rings. The van der Waals surface area contributed by atoms with Crippen LogP contribution in [0.1, 0.15) is 54.4 Å². The molecule has 4 atom stereocenters. The topological polar surface area (TPSA) is 112 Å². The zero-order valence-corrected chi connectivity index (χ0v) is 25.0. The third-order valence-corrected chi connectivity index (χ3v) is 6.20. The maximum atomic E-state index is 12.9. The number of alkyl halides is 6. The molecule has 244 valence electrons. The second kappa shape index (κ2) is 14.0. The Morgan fingerprint density at radius 2 is 0.857 bits per heavy atom. The highest BCUT2D eigenvalue weighted by Gasteiger charge is 2.49. The van der Waals surface area contributed by atoms with Gasteiger partial charge in [0.2, 0.25) is 0 Å². The average molecular weight is 623 g/mol. The molecule has 0 saturated carbocycles. The number of halogens is 6. The first-order valence-corrected chi connectivity index (χ1v) is 13.1. The molecule has 2 aliphatic heterocycles. The van der Waals surface area contributed by atoms with E-state index in [1.54, 1.807) is 41.5 Å². The van der Waals surface area contributed by atoms with Gasteiger partial charge in [0.25, 0.3) is 0 Å². The summed E-state index contributed by atoms with van der Waals surface area (Å²) < 4.78 is 96.7. The summed E-state index contributed by atoms with van der Waals surface area (Å²) in [6, 6.07) is 0. The molecule has 2 saturated heterocycles. The molecule has 0 aliphatic carbocycles. The molecule has 2 amide bonds. The van der Waals surface area contributed by atoms with Crippen LogP contribution in [0.15, 0.2) is 0 Å². The average Bonchev–Trinajstić information content (AvgIpc) is 2.84. The van der Waals surface area contributed by atoms with Crippen molar-refractivity contribution in [3.05, 3.63) is 0 Å². The summed E-state index contributed by atoms with van der Waals surface area (Å²) in [6.45, 7) is 8.44. The number of hydrogen-bond donors (Lipinski definition) is 0. The third kappa shape index (κ3) is 12.1. The Morgan fingerprint density at radius 1 is 0.571 bits per heavy atom. The number of carbonyl (C=O) groups is 4. The second-order valence-corrected chi connectivity index (χ2v) is 12.2. The smallest absolute Gasteiger partial charge is 0.410 e. The minimum atomic E-state index is -4.48. The van der Waals surface area contributed by atoms with E-state index in [1.165, 1.54) is 0 Å². The van der Waals surface area contributed by atoms with Gasteiger partial charge in [0.1, 0.15) is 11.2 Å². The van der Waals surface area contributed by atoms with E-state index in [2.05, 4.69) is 9.47 Å². The zero-order chi connectivity index (χ0) is 32.8. The number of hydrogen-bond acceptors (Lipinski definition) is 8. The molecular weight excluding hydrogens is 582 g/mol. The Morgan fingerprint density at radius 3 is 1.07 bits per heavy atom. The molecule has 2 heterocycles. The SMILES string of the molecule is COC(=O)[C@@H]1C[C@H](C(F)(F)F)CN(C(=O)OC(C)(C)C)C1.COC(=O)[C@H]1C[C@@H](C(F)(F)F)CN(C(=O)OC(C)(C)C)C1. The molecule has 0 bridgehead atoms. The quantitative estimate of drug-likeness (QED) is 0.235. The highest BCUT2D eigenvalue weighted by atomic mass is 19.4. The summed E-state index contributed by atoms with van der Waals surface area (Å²) in [4.78, 5) is 48.8. The third-order valence-electron chi connectivity index (χ3n) is 6.20. The van der Waals surface area contributed by atoms with E-state index in [4.69, 9.17) is 9.47 Å². The van der Waals surface area contributed by atoms with Crippen LogP contribution in [0.3, 0.4) is 0 Å². The largest absolute Gasteiger partial charge is 0.469 e. The lowest BCUT2D eigenvalue weighted by molar-refractivity contribution is -0.194. The van der Waals surface area contributed by atoms with Crippen molar-refractivity contribution in [1.82, 2.24) is 9.80 Å². The summed E-state index contributed by atoms with van der Waals surface area (Å²) in [6.07, 6.45) is -11.4. The first kappa shape index (κ1) is 37.1. The van der Waals surface area contributed by atoms with Gasteiger partial charge in [-0.25, -0.2) is 9.59 Å². The summed E-state index contributed by atoms with van der Waals surface area (Å²) in [5.41, 5.74) is -1.63. The van der Waals surface area contributed by atoms with Gasteiger partial charge in [-0.3, -0.25) is 9.59 Å². The zero-order valence-electron chi connectivity index (χ0n) is 25.0. The minimum Gasteiger partial charge on any atom is -0.469 e. The van der Waals surface area contributed by atoms with Crippen LogP contribution >= 0.6 is 0 Å². The van der Waals surface area contributed by atoms with Crippen molar-refractivity contribution in [2.75, 3.05) is 40.4 Å². The van der Waals surface area contributed by atoms with Gasteiger partial charge in [-0.05, 0) is 54.4 Å². The van der Waals surface area contributed by atoms with Crippen molar-refractivity contribution >= 4 is 24.1 Å². The van der Waals surface area contributed by atoms with E-state index < -0.39 is 84.4 Å². The van der Waals surface area contributed by atoms with E-state index in [1.807, 2.05) is 0 Å². The Bertz CT molecular complexity index is 882. The lowest BCUT2D eigenvalue weighted by Gasteiger charge is -2.37. The normalized spacial score (nSPS) is 23.7. The number of piperidine rings is 2. The van der Waals surface area contributed by atoms with E-state index in [0.29, 0.717) is 0 Å². The molecule has 16 heteroatoms. The first-order chi connectivity index (χ1) is 18.9. The van der Waals surface area contributed by atoms with Crippen molar-refractivity contribution in [2.24, 2.45) is 23.7 Å². The van der Waals surface area contributed by atoms with Gasteiger partial charge in [0.15, 0.2) is 0 Å². The molecule has 0 spiro atoms. The van der Waals surface area contributed by atoms with E-state index >= 15 is 0 Å². The lowest BCUT2D eigenvalue weighted by Crippen LogP contribution is -2.51. The molecule has 2 fully saturated rings. The molecule has 0 radical (unpaired) electrons. The van der Waals surface area contributed by atoms with Crippen molar-refractivity contribution in [3.63, 3.8) is 0 Å². The van der Waals surface area contributed by atoms with Gasteiger partial charge in [-0.15, -0.1) is 0 Å². The number of nitrogens with zero attached hydrogens (tertiary/aromatic N) is 2. The lowest BCUT2D eigenvalue weighted by atomic mass is 9.89. The summed E-state index contributed by atoms with van der Waals surface area (Å²) in [7, 11) is 2.22. The maximum Gasteiger partial charge on any atom is 0.410 e. The van der Waals surface area contributed by atoms with E-state index in [9.17, 15) is 45.5 Å². The number of rotatable bonds is 2. The van der Waals surface area contributed by atoms with Crippen molar-refractivity contribution in [2.45, 2.75) is 77.9 Å². The molecule has 0 N–H and O–H groups in total. The summed E-state index contributed by atoms with van der Waals surface area (Å²) in [5, 5.41) is 0. The number of carbonyl (C=O) groups excluding carboxylic acids is 4. The van der Waals surface area contributed by atoms with Gasteiger partial charge in [-0.1, -0.05) is 0 Å². The number of amides is 2. The predicted molar refractivity (Wildman–Crippen MR) is 135 cm³/mol. The van der Waals surface area contributed by atoms with Crippen LogP contribution in [0.25, 0.3) is 0 Å². The Hall–Kier alpha value is -2.94. The van der Waals surface area contributed by atoms with Crippen LogP contribution < -0.4 is 0 Å². The molecule has 0 aromatic carbocycles. The van der Waals surface area contributed by atoms with Crippen LogP contribution in [0, 0.1) is 23.7 Å². The molecule has 2 aliphatic rings. The minimum absolute atomic E-state index is 0.131. The second-order valence-electron chi connectivity index (χ2n) is 12.2. The van der Waals surface area contributed by atoms with Gasteiger partial charge in [0, 0.05) is 26.2 Å². The van der Waals surface area contributed by atoms with Gasteiger partial charge < -0.3 is 28.7 Å². The fourth-order valence-corrected chi connectivity index (χ4v) is 4.30. The van der Waals surface area contributed by atoms with Crippen molar-refractivity contribution in [1.29, 1.82) is 0 Å². The van der Waals surface area contributed by atoms with Crippen LogP contribution in [0.2, 0.25) is 0 Å². The maximum absolute atomic E-state index is 12.9. The highest BCUT2D eigenvalue weighted by molar-refractivity contribution is 5.75. The van der Waals surface area contributed by atoms with Gasteiger partial charge in [-0.2, -0.15) is 26.3 Å². The summed E-state index contributed by atoms with van der Waals surface area (Å²) >= 11 is 0. The number of methoxy groups -OCH3 is 2. The molecule has 0 aromatic heterocycles. The monoisotopic (exact) mass is 622 g/mol. The van der Waals surface area contributed by atoms with E-state index in [0.717, 1.165) is 24.0 Å². The molecule has 2 rings (SSSR count). The van der Waals surface area contributed by atoms with Crippen LogP contribution in [-0.2, 0) is 28.5 Å². The summed E-state index contributed by atoms with van der Waals surface area (Å²) in [5.74, 6) is -7.02. The molecule has 10 nitrogen and oxygen atoms in total. The van der Waals surface area contributed by atoms with E-state index in [-0.39, 0.29) is 25.9 Å². The molecule has 42 heavy (non-hydrogen) atoms. The number of esters is 2. The Balaban J connectivity index is 0.000000420. The van der Waals surface area contributed by atoms with Crippen LogP contribution in [0.4, 0.5) is 35.9 Å². The first-order valence-electron chi connectivity index (χ1n) is 13.1. The number of ether oxygens (including phenoxy) is 4. The van der Waals surface area contributed by atoms with Gasteiger partial charge >= 0.3 is 36.5 Å². The fraction of sp³-hybridized carbons (Fsp3) is 0.846. The molecular formula is C26H40F6N2O8. The van der Waals surface area contributed by atoms with Crippen molar-refractivity contribution < 1.29 is 64.5 Å². The molecule has 0 unspecified atom stereocenters. The fourth-order valence-electron chi connectivity index (χ4n) is 4.30. The van der Waals surface area contributed by atoms with Crippen molar-refractivity contribution in [3.8, 4) is 0 Å². The standard InChI is InChI=1S/2C13H20F3NO4/c2*1-12(2,3)21-11(19)17-6-8(10(18)20-4)5-9(7-17)13(14,15)16/h2*8-9H,5-7H2,1-4H3/t2*8-,9+/m10/s1. The Labute approximate surface area is 240 Å². The highest BCUT2D eigenvalue weighted by Crippen LogP contribution is 2.37. The van der Waals surface area contributed by atoms with Gasteiger partial charge in [0.05, 0.1) is 37.9 Å². The van der Waals surface area contributed by atoms with Crippen LogP contribution in [0.5, 0.6) is 0 Å². The number of likely N-dealkylation sites (tertiary alicyclic amines) is 2. The Kier molecular flexibility index (Phi) is 12.4.